The smallest absolute Gasteiger partial charge is 0.116 e. The van der Waals surface area contributed by atoms with Crippen molar-refractivity contribution in [3.63, 3.8) is 0 Å². The predicted molar refractivity (Wildman–Crippen MR) is 105 cm³/mol. The minimum absolute atomic E-state index is 0.298. The van der Waals surface area contributed by atoms with Gasteiger partial charge < -0.3 is 9.67 Å². The molecule has 120 valence electrons. The van der Waals surface area contributed by atoms with Gasteiger partial charge in [0.1, 0.15) is 5.75 Å². The molecule has 2 heteroatoms. The van der Waals surface area contributed by atoms with Crippen molar-refractivity contribution in [2.24, 2.45) is 0 Å². The van der Waals surface area contributed by atoms with E-state index in [-0.39, 0.29) is 0 Å². The van der Waals surface area contributed by atoms with Crippen molar-refractivity contribution in [3.05, 3.63) is 84.4 Å². The molecule has 0 bridgehead atoms. The van der Waals surface area contributed by atoms with E-state index >= 15 is 0 Å². The van der Waals surface area contributed by atoms with E-state index < -0.39 is 0 Å². The highest BCUT2D eigenvalue weighted by Crippen LogP contribution is 2.37. The van der Waals surface area contributed by atoms with Gasteiger partial charge in [-0.2, -0.15) is 0 Å². The third-order valence-electron chi connectivity index (χ3n) is 4.93. The molecule has 0 spiro atoms. The second-order valence-corrected chi connectivity index (χ2v) is 6.55. The monoisotopic (exact) mass is 323 g/mol. The van der Waals surface area contributed by atoms with E-state index in [0.29, 0.717) is 5.75 Å². The van der Waals surface area contributed by atoms with Crippen LogP contribution in [0.3, 0.4) is 0 Å². The molecule has 1 aromatic heterocycles. The molecule has 0 radical (unpaired) electrons. The summed E-state index contributed by atoms with van der Waals surface area (Å²) in [7, 11) is 0. The molecular weight excluding hydrogens is 306 g/mol. The first-order valence-electron chi connectivity index (χ1n) is 8.44. The second kappa shape index (κ2) is 5.12. The summed E-state index contributed by atoms with van der Waals surface area (Å²) in [6, 6.07) is 27.0. The highest BCUT2D eigenvalue weighted by atomic mass is 16.3. The summed E-state index contributed by atoms with van der Waals surface area (Å²) in [6.45, 7) is 2.10. The Kier molecular flexibility index (Phi) is 2.89. The van der Waals surface area contributed by atoms with Crippen LogP contribution in [0.1, 0.15) is 5.56 Å². The SMILES string of the molecule is Cc1ccc(-n2c3ccccc3c3c4cc(O)ccc4ccc32)cc1. The molecule has 0 saturated carbocycles. The average Bonchev–Trinajstić information content (AvgIpc) is 2.97. The number of aromatic hydroxyl groups is 1. The lowest BCUT2D eigenvalue weighted by molar-refractivity contribution is 0.476. The van der Waals surface area contributed by atoms with Crippen molar-refractivity contribution in [2.45, 2.75) is 6.92 Å². The Morgan fingerprint density at radius 2 is 1.48 bits per heavy atom. The van der Waals surface area contributed by atoms with Gasteiger partial charge in [0.2, 0.25) is 0 Å². The molecular formula is C23H17NO. The molecule has 0 aliphatic heterocycles. The molecule has 0 atom stereocenters. The molecule has 0 aliphatic rings. The van der Waals surface area contributed by atoms with Crippen LogP contribution < -0.4 is 0 Å². The Balaban J connectivity index is 2.02. The summed E-state index contributed by atoms with van der Waals surface area (Å²) < 4.78 is 2.30. The number of phenols is 1. The van der Waals surface area contributed by atoms with E-state index in [2.05, 4.69) is 72.2 Å². The van der Waals surface area contributed by atoms with Crippen molar-refractivity contribution in [3.8, 4) is 11.4 Å². The largest absolute Gasteiger partial charge is 0.508 e. The van der Waals surface area contributed by atoms with Crippen LogP contribution in [0.5, 0.6) is 5.75 Å². The molecule has 0 fully saturated rings. The summed E-state index contributed by atoms with van der Waals surface area (Å²) in [5.41, 5.74) is 4.73. The Morgan fingerprint density at radius 1 is 0.720 bits per heavy atom. The van der Waals surface area contributed by atoms with Crippen molar-refractivity contribution >= 4 is 32.6 Å². The highest BCUT2D eigenvalue weighted by molar-refractivity contribution is 6.21. The zero-order valence-corrected chi connectivity index (χ0v) is 13.9. The zero-order valence-electron chi connectivity index (χ0n) is 13.9. The van der Waals surface area contributed by atoms with Crippen LogP contribution in [0.25, 0.3) is 38.3 Å². The number of fused-ring (bicyclic) bond motifs is 5. The Morgan fingerprint density at radius 3 is 2.32 bits per heavy atom. The van der Waals surface area contributed by atoms with Gasteiger partial charge >= 0.3 is 0 Å². The Labute approximate surface area is 145 Å². The van der Waals surface area contributed by atoms with Crippen LogP contribution in [-0.2, 0) is 0 Å². The maximum absolute atomic E-state index is 10.0. The van der Waals surface area contributed by atoms with Gasteiger partial charge in [-0.1, -0.05) is 48.0 Å². The number of aryl methyl sites for hydroxylation is 1. The lowest BCUT2D eigenvalue weighted by atomic mass is 10.0. The first-order valence-corrected chi connectivity index (χ1v) is 8.44. The fourth-order valence-corrected chi connectivity index (χ4v) is 3.75. The lowest BCUT2D eigenvalue weighted by Gasteiger charge is -2.08. The highest BCUT2D eigenvalue weighted by Gasteiger charge is 2.14. The van der Waals surface area contributed by atoms with Crippen LogP contribution in [0, 0.1) is 6.92 Å². The number of benzene rings is 4. The van der Waals surface area contributed by atoms with Crippen LogP contribution in [-0.4, -0.2) is 9.67 Å². The first kappa shape index (κ1) is 14.1. The number of phenolic OH excluding ortho intramolecular Hbond substituents is 1. The van der Waals surface area contributed by atoms with E-state index in [4.69, 9.17) is 0 Å². The third-order valence-corrected chi connectivity index (χ3v) is 4.93. The van der Waals surface area contributed by atoms with Gasteiger partial charge in [-0.15, -0.1) is 0 Å². The van der Waals surface area contributed by atoms with Crippen LogP contribution in [0.4, 0.5) is 0 Å². The normalized spacial score (nSPS) is 11.6. The molecule has 4 aromatic carbocycles. The van der Waals surface area contributed by atoms with Crippen molar-refractivity contribution in [1.82, 2.24) is 4.57 Å². The van der Waals surface area contributed by atoms with Gasteiger partial charge in [0.15, 0.2) is 0 Å². The van der Waals surface area contributed by atoms with E-state index in [1.54, 1.807) is 6.07 Å². The summed E-state index contributed by atoms with van der Waals surface area (Å²) in [4.78, 5) is 0. The summed E-state index contributed by atoms with van der Waals surface area (Å²) in [5.74, 6) is 0.298. The fourth-order valence-electron chi connectivity index (χ4n) is 3.75. The molecule has 2 nitrogen and oxygen atoms in total. The zero-order chi connectivity index (χ0) is 17.0. The molecule has 0 aliphatic carbocycles. The van der Waals surface area contributed by atoms with E-state index in [1.165, 1.54) is 21.9 Å². The summed E-state index contributed by atoms with van der Waals surface area (Å²) in [6.07, 6.45) is 0. The number of hydrogen-bond donors (Lipinski definition) is 1. The lowest BCUT2D eigenvalue weighted by Crippen LogP contribution is -1.93. The van der Waals surface area contributed by atoms with Gasteiger partial charge in [0, 0.05) is 16.5 Å². The number of aromatic nitrogens is 1. The maximum Gasteiger partial charge on any atom is 0.116 e. The number of nitrogens with zero attached hydrogens (tertiary/aromatic N) is 1. The van der Waals surface area contributed by atoms with Gasteiger partial charge in [-0.05, 0) is 54.1 Å². The predicted octanol–water partition coefficient (Wildman–Crippen LogP) is 5.95. The molecule has 0 saturated heterocycles. The maximum atomic E-state index is 10.0. The van der Waals surface area contributed by atoms with E-state index in [1.807, 2.05) is 12.1 Å². The van der Waals surface area contributed by atoms with Crippen LogP contribution >= 0.6 is 0 Å². The Hall–Kier alpha value is -3.26. The number of rotatable bonds is 1. The Bertz CT molecular complexity index is 1250. The van der Waals surface area contributed by atoms with Gasteiger partial charge in [-0.25, -0.2) is 0 Å². The average molecular weight is 323 g/mol. The molecule has 5 aromatic rings. The standard InChI is InChI=1S/C23H17NO/c1-15-6-10-17(11-7-15)24-21-5-3-2-4-19(21)23-20-14-18(25)12-8-16(20)9-13-22(23)24/h2-14,25H,1H3. The number of hydrogen-bond acceptors (Lipinski definition) is 1. The molecule has 0 amide bonds. The summed E-state index contributed by atoms with van der Waals surface area (Å²) in [5, 5.41) is 14.6. The third kappa shape index (κ3) is 2.04. The number of para-hydroxylation sites is 1. The van der Waals surface area contributed by atoms with Crippen molar-refractivity contribution in [2.75, 3.05) is 0 Å². The fraction of sp³-hybridized carbons (Fsp3) is 0.0435. The van der Waals surface area contributed by atoms with Gasteiger partial charge in [-0.3, -0.25) is 0 Å². The second-order valence-electron chi connectivity index (χ2n) is 6.55. The van der Waals surface area contributed by atoms with E-state index in [0.717, 1.165) is 22.0 Å². The van der Waals surface area contributed by atoms with Crippen molar-refractivity contribution < 1.29 is 5.11 Å². The molecule has 25 heavy (non-hydrogen) atoms. The molecule has 5 rings (SSSR count). The van der Waals surface area contributed by atoms with Gasteiger partial charge in [0.25, 0.3) is 0 Å². The molecule has 1 N–H and O–H groups in total. The minimum atomic E-state index is 0.298. The molecule has 0 unspecified atom stereocenters. The topological polar surface area (TPSA) is 25.2 Å². The van der Waals surface area contributed by atoms with E-state index in [9.17, 15) is 5.11 Å². The summed E-state index contributed by atoms with van der Waals surface area (Å²) >= 11 is 0. The van der Waals surface area contributed by atoms with Crippen LogP contribution in [0.2, 0.25) is 0 Å². The van der Waals surface area contributed by atoms with Crippen molar-refractivity contribution in [1.29, 1.82) is 0 Å². The first-order chi connectivity index (χ1) is 12.2. The van der Waals surface area contributed by atoms with Crippen LogP contribution in [0.15, 0.2) is 78.9 Å². The van der Waals surface area contributed by atoms with Gasteiger partial charge in [0.05, 0.1) is 11.0 Å². The minimum Gasteiger partial charge on any atom is -0.508 e. The molecule has 1 heterocycles. The quantitative estimate of drug-likeness (QED) is 0.405.